The van der Waals surface area contributed by atoms with E-state index in [1.54, 1.807) is 18.4 Å². The predicted octanol–water partition coefficient (Wildman–Crippen LogP) is 3.44. The predicted molar refractivity (Wildman–Crippen MR) is 87.0 cm³/mol. The third kappa shape index (κ3) is 2.83. The average molecular weight is 299 g/mol. The second kappa shape index (κ2) is 5.69. The van der Waals surface area contributed by atoms with Crippen molar-refractivity contribution in [1.29, 1.82) is 0 Å². The van der Waals surface area contributed by atoms with Gasteiger partial charge in [-0.25, -0.2) is 9.97 Å². The number of aryl methyl sites for hydroxylation is 1. The van der Waals surface area contributed by atoms with Gasteiger partial charge in [0, 0.05) is 11.3 Å². The summed E-state index contributed by atoms with van der Waals surface area (Å²) in [6, 6.07) is 10.0. The summed E-state index contributed by atoms with van der Waals surface area (Å²) in [4.78, 5) is 11.3. The Hall–Kier alpha value is -2.14. The average Bonchev–Trinajstić information content (AvgIpc) is 2.91. The molecule has 0 fully saturated rings. The molecule has 2 aromatic heterocycles. The summed E-state index contributed by atoms with van der Waals surface area (Å²) in [6.07, 6.45) is 1.64. The molecule has 0 atom stereocenters. The van der Waals surface area contributed by atoms with Gasteiger partial charge in [-0.15, -0.1) is 11.3 Å². The summed E-state index contributed by atoms with van der Waals surface area (Å²) < 4.78 is 5.24. The Morgan fingerprint density at radius 1 is 1.24 bits per heavy atom. The van der Waals surface area contributed by atoms with Crippen molar-refractivity contribution in [1.82, 2.24) is 9.97 Å². The number of nitrogens with two attached hydrogens (primary N) is 1. The van der Waals surface area contributed by atoms with E-state index in [9.17, 15) is 0 Å². The van der Waals surface area contributed by atoms with Gasteiger partial charge < -0.3 is 10.5 Å². The van der Waals surface area contributed by atoms with Gasteiger partial charge in [-0.05, 0) is 30.2 Å². The minimum Gasteiger partial charge on any atom is -0.497 e. The SMILES string of the molecule is CCc1cc2c(N)nc(Cc3cccc(OC)c3)nc2s1. The van der Waals surface area contributed by atoms with Gasteiger partial charge in [-0.2, -0.15) is 0 Å². The van der Waals surface area contributed by atoms with Crippen LogP contribution in [0.1, 0.15) is 23.2 Å². The Labute approximate surface area is 127 Å². The summed E-state index contributed by atoms with van der Waals surface area (Å²) in [5.41, 5.74) is 7.18. The van der Waals surface area contributed by atoms with E-state index in [1.807, 2.05) is 24.3 Å². The zero-order chi connectivity index (χ0) is 14.8. The molecular formula is C16H17N3OS. The number of nitrogens with zero attached hydrogens (tertiary/aromatic N) is 2. The monoisotopic (exact) mass is 299 g/mol. The molecule has 0 aliphatic heterocycles. The van der Waals surface area contributed by atoms with Gasteiger partial charge in [0.15, 0.2) is 0 Å². The first-order valence-corrected chi connectivity index (χ1v) is 7.69. The fourth-order valence-electron chi connectivity index (χ4n) is 2.26. The molecule has 0 aliphatic rings. The number of thiophene rings is 1. The van der Waals surface area contributed by atoms with Crippen molar-refractivity contribution in [2.24, 2.45) is 0 Å². The highest BCUT2D eigenvalue weighted by atomic mass is 32.1. The fourth-order valence-corrected chi connectivity index (χ4v) is 3.25. The lowest BCUT2D eigenvalue weighted by Crippen LogP contribution is -2.00. The topological polar surface area (TPSA) is 61.0 Å². The van der Waals surface area contributed by atoms with Gasteiger partial charge in [0.2, 0.25) is 0 Å². The molecule has 2 heterocycles. The Morgan fingerprint density at radius 3 is 2.86 bits per heavy atom. The first-order valence-electron chi connectivity index (χ1n) is 6.87. The van der Waals surface area contributed by atoms with Crippen molar-refractivity contribution >= 4 is 27.4 Å². The lowest BCUT2D eigenvalue weighted by Gasteiger charge is -2.05. The maximum Gasteiger partial charge on any atom is 0.136 e. The number of ether oxygens (including phenoxy) is 1. The molecule has 5 heteroatoms. The molecule has 0 aliphatic carbocycles. The van der Waals surface area contributed by atoms with Crippen LogP contribution in [-0.4, -0.2) is 17.1 Å². The van der Waals surface area contributed by atoms with Crippen LogP contribution in [-0.2, 0) is 12.8 Å². The summed E-state index contributed by atoms with van der Waals surface area (Å²) >= 11 is 1.69. The van der Waals surface area contributed by atoms with E-state index in [1.165, 1.54) is 4.88 Å². The van der Waals surface area contributed by atoms with E-state index in [4.69, 9.17) is 10.5 Å². The first-order chi connectivity index (χ1) is 10.2. The van der Waals surface area contributed by atoms with Crippen molar-refractivity contribution in [2.75, 3.05) is 12.8 Å². The van der Waals surface area contributed by atoms with Gasteiger partial charge in [0.05, 0.1) is 12.5 Å². The van der Waals surface area contributed by atoms with Crippen LogP contribution in [0.4, 0.5) is 5.82 Å². The molecule has 0 saturated heterocycles. The molecule has 0 amide bonds. The van der Waals surface area contributed by atoms with Crippen LogP contribution >= 0.6 is 11.3 Å². The molecule has 4 nitrogen and oxygen atoms in total. The van der Waals surface area contributed by atoms with Crippen LogP contribution in [0.5, 0.6) is 5.75 Å². The number of nitrogen functional groups attached to an aromatic ring is 1. The van der Waals surface area contributed by atoms with Crippen LogP contribution in [0.2, 0.25) is 0 Å². The van der Waals surface area contributed by atoms with Gasteiger partial charge in [-0.3, -0.25) is 0 Å². The van der Waals surface area contributed by atoms with E-state index in [0.29, 0.717) is 12.2 Å². The number of fused-ring (bicyclic) bond motifs is 1. The van der Waals surface area contributed by atoms with E-state index >= 15 is 0 Å². The molecule has 0 saturated carbocycles. The molecular weight excluding hydrogens is 282 g/mol. The quantitative estimate of drug-likeness (QED) is 0.801. The number of hydrogen-bond acceptors (Lipinski definition) is 5. The van der Waals surface area contributed by atoms with Gasteiger partial charge >= 0.3 is 0 Å². The largest absolute Gasteiger partial charge is 0.497 e. The summed E-state index contributed by atoms with van der Waals surface area (Å²) in [5.74, 6) is 2.15. The molecule has 3 aromatic rings. The molecule has 21 heavy (non-hydrogen) atoms. The third-order valence-electron chi connectivity index (χ3n) is 3.36. The molecule has 0 unspecified atom stereocenters. The molecule has 3 rings (SSSR count). The molecule has 0 radical (unpaired) electrons. The van der Waals surface area contributed by atoms with E-state index < -0.39 is 0 Å². The Kier molecular flexibility index (Phi) is 3.75. The highest BCUT2D eigenvalue weighted by molar-refractivity contribution is 7.18. The number of anilines is 1. The van der Waals surface area contributed by atoms with E-state index in [2.05, 4.69) is 23.0 Å². The highest BCUT2D eigenvalue weighted by Crippen LogP contribution is 2.28. The van der Waals surface area contributed by atoms with Crippen LogP contribution in [0.15, 0.2) is 30.3 Å². The molecule has 0 bridgehead atoms. The lowest BCUT2D eigenvalue weighted by molar-refractivity contribution is 0.414. The number of hydrogen-bond donors (Lipinski definition) is 1. The highest BCUT2D eigenvalue weighted by Gasteiger charge is 2.10. The second-order valence-corrected chi connectivity index (χ2v) is 5.95. The molecule has 1 aromatic carbocycles. The maximum atomic E-state index is 6.07. The molecule has 108 valence electrons. The Morgan fingerprint density at radius 2 is 2.10 bits per heavy atom. The Balaban J connectivity index is 1.96. The third-order valence-corrected chi connectivity index (χ3v) is 4.54. The zero-order valence-electron chi connectivity index (χ0n) is 12.1. The number of aromatic nitrogens is 2. The van der Waals surface area contributed by atoms with Crippen LogP contribution in [0.3, 0.4) is 0 Å². The van der Waals surface area contributed by atoms with Gasteiger partial charge in [0.25, 0.3) is 0 Å². The van der Waals surface area contributed by atoms with Crippen LogP contribution in [0.25, 0.3) is 10.2 Å². The fraction of sp³-hybridized carbons (Fsp3) is 0.250. The maximum absolute atomic E-state index is 6.07. The van der Waals surface area contributed by atoms with Crippen LogP contribution < -0.4 is 10.5 Å². The minimum absolute atomic E-state index is 0.564. The van der Waals surface area contributed by atoms with Crippen LogP contribution in [0, 0.1) is 0 Å². The van der Waals surface area contributed by atoms with Gasteiger partial charge in [-0.1, -0.05) is 19.1 Å². The van der Waals surface area contributed by atoms with Crippen molar-refractivity contribution in [2.45, 2.75) is 19.8 Å². The normalized spacial score (nSPS) is 11.0. The number of methoxy groups -OCH3 is 1. The first kappa shape index (κ1) is 13.8. The molecule has 0 spiro atoms. The lowest BCUT2D eigenvalue weighted by atomic mass is 10.1. The second-order valence-electron chi connectivity index (χ2n) is 4.84. The molecule has 2 N–H and O–H groups in total. The zero-order valence-corrected chi connectivity index (χ0v) is 12.9. The summed E-state index contributed by atoms with van der Waals surface area (Å²) in [5, 5.41) is 0.964. The number of benzene rings is 1. The van der Waals surface area contributed by atoms with Crippen molar-refractivity contribution in [3.8, 4) is 5.75 Å². The van der Waals surface area contributed by atoms with Gasteiger partial charge in [0.1, 0.15) is 22.2 Å². The summed E-state index contributed by atoms with van der Waals surface area (Å²) in [7, 11) is 1.66. The number of rotatable bonds is 4. The smallest absolute Gasteiger partial charge is 0.136 e. The van der Waals surface area contributed by atoms with Crippen molar-refractivity contribution in [3.05, 3.63) is 46.6 Å². The van der Waals surface area contributed by atoms with E-state index in [-0.39, 0.29) is 0 Å². The van der Waals surface area contributed by atoms with Crippen molar-refractivity contribution < 1.29 is 4.74 Å². The summed E-state index contributed by atoms with van der Waals surface area (Å²) in [6.45, 7) is 2.13. The Bertz CT molecular complexity index is 782. The minimum atomic E-state index is 0.564. The van der Waals surface area contributed by atoms with E-state index in [0.717, 1.165) is 33.8 Å². The standard InChI is InChI=1S/C16H17N3OS/c1-3-12-9-13-15(17)18-14(19-16(13)21-12)8-10-5-4-6-11(7-10)20-2/h4-7,9H,3,8H2,1-2H3,(H2,17,18,19). The van der Waals surface area contributed by atoms with Crippen molar-refractivity contribution in [3.63, 3.8) is 0 Å².